The molecule has 0 heterocycles. The Morgan fingerprint density at radius 1 is 0.818 bits per heavy atom. The zero-order chi connectivity index (χ0) is 24.9. The fourth-order valence-corrected chi connectivity index (χ4v) is 7.01. The Kier molecular flexibility index (Phi) is 10.0. The van der Waals surface area contributed by atoms with Gasteiger partial charge in [-0.15, -0.1) is 0 Å². The predicted octanol–water partition coefficient (Wildman–Crippen LogP) is 7.12. The third-order valence-corrected chi connectivity index (χ3v) is 9.26. The van der Waals surface area contributed by atoms with Crippen LogP contribution in [0.25, 0.3) is 0 Å². The van der Waals surface area contributed by atoms with Crippen LogP contribution in [0.5, 0.6) is 0 Å². The van der Waals surface area contributed by atoms with Gasteiger partial charge in [0.05, 0.1) is 18.3 Å². The minimum absolute atomic E-state index is 0.0791. The first-order valence-electron chi connectivity index (χ1n) is 13.3. The maximum atomic E-state index is 11.4. The Labute approximate surface area is 204 Å². The van der Waals surface area contributed by atoms with Gasteiger partial charge >= 0.3 is 0 Å². The average Bonchev–Trinajstić information content (AvgIpc) is 2.72. The van der Waals surface area contributed by atoms with E-state index in [-0.39, 0.29) is 29.5 Å². The second kappa shape index (κ2) is 11.7. The Morgan fingerprint density at radius 3 is 1.94 bits per heavy atom. The highest BCUT2D eigenvalue weighted by Crippen LogP contribution is 2.62. The van der Waals surface area contributed by atoms with Crippen molar-refractivity contribution < 1.29 is 15.3 Å². The third kappa shape index (κ3) is 7.05. The molecule has 0 aromatic heterocycles. The molecule has 2 fully saturated rings. The molecular formula is C30H52O3. The molecule has 0 radical (unpaired) electrons. The molecule has 190 valence electrons. The average molecular weight is 461 g/mol. The van der Waals surface area contributed by atoms with Gasteiger partial charge in [0.15, 0.2) is 0 Å². The van der Waals surface area contributed by atoms with E-state index in [9.17, 15) is 10.2 Å². The molecular weight excluding hydrogens is 408 g/mol. The van der Waals surface area contributed by atoms with Gasteiger partial charge in [-0.05, 0) is 115 Å². The van der Waals surface area contributed by atoms with Crippen molar-refractivity contribution >= 4 is 0 Å². The van der Waals surface area contributed by atoms with Gasteiger partial charge in [-0.1, -0.05) is 55.7 Å². The van der Waals surface area contributed by atoms with E-state index in [0.29, 0.717) is 5.92 Å². The largest absolute Gasteiger partial charge is 0.393 e. The van der Waals surface area contributed by atoms with Crippen molar-refractivity contribution in [2.45, 2.75) is 124 Å². The van der Waals surface area contributed by atoms with Crippen molar-refractivity contribution in [3.05, 3.63) is 34.9 Å². The molecule has 0 saturated heterocycles. The van der Waals surface area contributed by atoms with Gasteiger partial charge in [-0.2, -0.15) is 0 Å². The van der Waals surface area contributed by atoms with Crippen LogP contribution in [0.1, 0.15) is 113 Å². The lowest BCUT2D eigenvalue weighted by atomic mass is 9.44. The fraction of sp³-hybridized carbons (Fsp3) is 0.800. The summed E-state index contributed by atoms with van der Waals surface area (Å²) in [6.07, 6.45) is 16.6. The van der Waals surface area contributed by atoms with Crippen molar-refractivity contribution in [2.24, 2.45) is 22.7 Å². The highest BCUT2D eigenvalue weighted by atomic mass is 16.3. The van der Waals surface area contributed by atoms with Gasteiger partial charge in [0, 0.05) is 0 Å². The van der Waals surface area contributed by atoms with Crippen molar-refractivity contribution in [3.63, 3.8) is 0 Å². The minimum atomic E-state index is -0.617. The highest BCUT2D eigenvalue weighted by molar-refractivity contribution is 5.11. The molecule has 33 heavy (non-hydrogen) atoms. The van der Waals surface area contributed by atoms with Crippen molar-refractivity contribution in [3.8, 4) is 0 Å². The first-order valence-corrected chi connectivity index (χ1v) is 13.3. The van der Waals surface area contributed by atoms with E-state index in [2.05, 4.69) is 59.8 Å². The predicted molar refractivity (Wildman–Crippen MR) is 140 cm³/mol. The zero-order valence-electron chi connectivity index (χ0n) is 22.6. The van der Waals surface area contributed by atoms with Crippen LogP contribution in [-0.4, -0.2) is 33.6 Å². The van der Waals surface area contributed by atoms with Crippen LogP contribution in [0.2, 0.25) is 0 Å². The van der Waals surface area contributed by atoms with Crippen molar-refractivity contribution in [1.82, 2.24) is 0 Å². The molecule has 3 N–H and O–H groups in total. The van der Waals surface area contributed by atoms with Gasteiger partial charge < -0.3 is 15.3 Å². The SMILES string of the molecule is C/C(=C\CC/C(C)=C/CC/C(C)=C/CC[C@@H]1[C@@]2(C)CC[C@H](O)C(C)(C)[C@H]2CC[C@@]1(C)O)CO. The standard InChI is InChI=1S/C30H52O3/c1-22(13-9-15-24(3)21-31)11-8-12-23(2)14-10-16-26-29(6)19-18-27(32)28(4,5)25(29)17-20-30(26,7)33/h11,14-15,25-27,31-33H,8-10,12-13,16-21H2,1-7H3/b22-11+,23-14+,24-15+/t25-,26-,27+,29+,30-/m1/s1. The number of aliphatic hydroxyl groups excluding tert-OH is 2. The minimum Gasteiger partial charge on any atom is -0.393 e. The lowest BCUT2D eigenvalue weighted by Crippen LogP contribution is -2.60. The molecule has 0 spiro atoms. The Bertz CT molecular complexity index is 727. The summed E-state index contributed by atoms with van der Waals surface area (Å²) in [5, 5.41) is 31.1. The molecule has 0 aromatic rings. The number of allylic oxidation sites excluding steroid dienone is 5. The molecule has 2 aliphatic rings. The quantitative estimate of drug-likeness (QED) is 0.304. The van der Waals surface area contributed by atoms with E-state index in [1.165, 1.54) is 11.1 Å². The van der Waals surface area contributed by atoms with Crippen LogP contribution >= 0.6 is 0 Å². The van der Waals surface area contributed by atoms with Crippen molar-refractivity contribution in [2.75, 3.05) is 6.61 Å². The van der Waals surface area contributed by atoms with Gasteiger partial charge in [0.1, 0.15) is 0 Å². The highest BCUT2D eigenvalue weighted by Gasteiger charge is 2.59. The molecule has 0 amide bonds. The number of rotatable bonds is 10. The van der Waals surface area contributed by atoms with Crippen LogP contribution in [-0.2, 0) is 0 Å². The summed E-state index contributed by atoms with van der Waals surface area (Å²) >= 11 is 0. The van der Waals surface area contributed by atoms with E-state index in [1.807, 2.05) is 6.92 Å². The lowest BCUT2D eigenvalue weighted by molar-refractivity contribution is -0.195. The van der Waals surface area contributed by atoms with Gasteiger partial charge in [0.25, 0.3) is 0 Å². The third-order valence-electron chi connectivity index (χ3n) is 9.26. The van der Waals surface area contributed by atoms with Crippen LogP contribution in [0, 0.1) is 22.7 Å². The fourth-order valence-electron chi connectivity index (χ4n) is 7.01. The summed E-state index contributed by atoms with van der Waals surface area (Å²) in [6.45, 7) is 15.5. The molecule has 5 atom stereocenters. The van der Waals surface area contributed by atoms with Gasteiger partial charge in [-0.25, -0.2) is 0 Å². The Morgan fingerprint density at radius 2 is 1.36 bits per heavy atom. The van der Waals surface area contributed by atoms with E-state index in [0.717, 1.165) is 69.8 Å². The summed E-state index contributed by atoms with van der Waals surface area (Å²) in [5.74, 6) is 0.741. The van der Waals surface area contributed by atoms with Crippen LogP contribution in [0.4, 0.5) is 0 Å². The van der Waals surface area contributed by atoms with Crippen LogP contribution < -0.4 is 0 Å². The number of fused-ring (bicyclic) bond motifs is 1. The molecule has 0 bridgehead atoms. The lowest BCUT2D eigenvalue weighted by Gasteiger charge is -2.62. The van der Waals surface area contributed by atoms with E-state index in [4.69, 9.17) is 5.11 Å². The molecule has 3 nitrogen and oxygen atoms in total. The van der Waals surface area contributed by atoms with Gasteiger partial charge in [-0.3, -0.25) is 0 Å². The molecule has 3 heteroatoms. The van der Waals surface area contributed by atoms with Gasteiger partial charge in [0.2, 0.25) is 0 Å². The topological polar surface area (TPSA) is 60.7 Å². The first kappa shape index (κ1) is 28.3. The zero-order valence-corrected chi connectivity index (χ0v) is 22.6. The molecule has 0 aliphatic heterocycles. The molecule has 0 aromatic carbocycles. The number of hydrogen-bond donors (Lipinski definition) is 3. The van der Waals surface area contributed by atoms with E-state index >= 15 is 0 Å². The monoisotopic (exact) mass is 460 g/mol. The molecule has 0 unspecified atom stereocenters. The normalized spacial score (nSPS) is 35.5. The molecule has 2 rings (SSSR count). The summed E-state index contributed by atoms with van der Waals surface area (Å²) in [4.78, 5) is 0. The Balaban J connectivity index is 1.92. The Hall–Kier alpha value is -0.900. The summed E-state index contributed by atoms with van der Waals surface area (Å²) in [7, 11) is 0. The second-order valence-electron chi connectivity index (χ2n) is 12.3. The number of aliphatic hydroxyl groups is 3. The van der Waals surface area contributed by atoms with Crippen LogP contribution in [0.15, 0.2) is 34.9 Å². The summed E-state index contributed by atoms with van der Waals surface area (Å²) < 4.78 is 0. The maximum absolute atomic E-state index is 11.4. The molecule has 2 aliphatic carbocycles. The summed E-state index contributed by atoms with van der Waals surface area (Å²) in [5.41, 5.74) is 3.30. The summed E-state index contributed by atoms with van der Waals surface area (Å²) in [6, 6.07) is 0. The molecule has 2 saturated carbocycles. The van der Waals surface area contributed by atoms with Crippen LogP contribution in [0.3, 0.4) is 0 Å². The number of hydrogen-bond acceptors (Lipinski definition) is 3. The first-order chi connectivity index (χ1) is 15.3. The van der Waals surface area contributed by atoms with E-state index < -0.39 is 5.60 Å². The maximum Gasteiger partial charge on any atom is 0.0653 e. The smallest absolute Gasteiger partial charge is 0.0653 e. The van der Waals surface area contributed by atoms with Crippen molar-refractivity contribution in [1.29, 1.82) is 0 Å². The second-order valence-corrected chi connectivity index (χ2v) is 12.3. The van der Waals surface area contributed by atoms with E-state index in [1.54, 1.807) is 0 Å².